The molecule has 10 heteroatoms. The van der Waals surface area contributed by atoms with Gasteiger partial charge in [0.25, 0.3) is 0 Å². The van der Waals surface area contributed by atoms with E-state index in [0.717, 1.165) is 18.3 Å². The van der Waals surface area contributed by atoms with Gasteiger partial charge in [-0.15, -0.1) is 0 Å². The first-order valence-corrected chi connectivity index (χ1v) is 7.59. The summed E-state index contributed by atoms with van der Waals surface area (Å²) in [4.78, 5) is 7.81. The van der Waals surface area contributed by atoms with Crippen LogP contribution in [0.3, 0.4) is 0 Å². The van der Waals surface area contributed by atoms with Gasteiger partial charge in [-0.25, -0.2) is 8.78 Å². The first-order valence-electron chi connectivity index (χ1n) is 7.59. The molecule has 0 fully saturated rings. The van der Waals surface area contributed by atoms with E-state index >= 15 is 0 Å². The fraction of sp³-hybridized carbons (Fsp3) is 0.294. The highest BCUT2D eigenvalue weighted by Gasteiger charge is 2.42. The third-order valence-electron chi connectivity index (χ3n) is 3.86. The zero-order valence-corrected chi connectivity index (χ0v) is 13.4. The number of rotatable bonds is 5. The fourth-order valence-electron chi connectivity index (χ4n) is 2.48. The van der Waals surface area contributed by atoms with Crippen LogP contribution in [0.2, 0.25) is 0 Å². The van der Waals surface area contributed by atoms with Gasteiger partial charge in [0.2, 0.25) is 0 Å². The van der Waals surface area contributed by atoms with Gasteiger partial charge in [-0.05, 0) is 23.8 Å². The third-order valence-corrected chi connectivity index (χ3v) is 3.86. The predicted molar refractivity (Wildman–Crippen MR) is 82.0 cm³/mol. The Bertz CT molecular complexity index is 878. The van der Waals surface area contributed by atoms with Crippen LogP contribution in [0.25, 0.3) is 0 Å². The highest BCUT2D eigenvalue weighted by molar-refractivity contribution is 6.08. The average Bonchev–Trinajstić information content (AvgIpc) is 3.02. The molecular formula is C17H11F7N2O. The summed E-state index contributed by atoms with van der Waals surface area (Å²) in [6, 6.07) is 4.45. The first kappa shape index (κ1) is 19.1. The topological polar surface area (TPSA) is 34.5 Å². The summed E-state index contributed by atoms with van der Waals surface area (Å²) in [5.41, 5.74) is 0.204. The standard InChI is InChI=1S/C17H11F7N2O/c18-15(19)16(20,21)8-27-14-7-25-4-3-11(14)13-5-9-1-2-10(17(22,23)24)6-12(9)26-13/h1-4,6-7,15H,5,8H2. The Morgan fingerprint density at radius 3 is 2.48 bits per heavy atom. The van der Waals surface area contributed by atoms with E-state index in [2.05, 4.69) is 9.98 Å². The van der Waals surface area contributed by atoms with Gasteiger partial charge < -0.3 is 4.74 Å². The van der Waals surface area contributed by atoms with Gasteiger partial charge in [-0.1, -0.05) is 6.07 Å². The Hall–Kier alpha value is -2.65. The summed E-state index contributed by atoms with van der Waals surface area (Å²) in [6.45, 7) is -1.57. The van der Waals surface area contributed by atoms with Crippen LogP contribution in [-0.2, 0) is 12.6 Å². The molecule has 2 aromatic rings. The van der Waals surface area contributed by atoms with Crippen molar-refractivity contribution in [3.05, 3.63) is 53.3 Å². The fourth-order valence-corrected chi connectivity index (χ4v) is 2.48. The Morgan fingerprint density at radius 1 is 1.07 bits per heavy atom. The molecule has 1 aromatic carbocycles. The Labute approximate surface area is 148 Å². The van der Waals surface area contributed by atoms with E-state index in [1.165, 1.54) is 18.3 Å². The average molecular weight is 392 g/mol. The lowest BCUT2D eigenvalue weighted by Crippen LogP contribution is -2.34. The first-order chi connectivity index (χ1) is 12.6. The molecule has 1 aliphatic rings. The molecule has 0 spiro atoms. The minimum Gasteiger partial charge on any atom is -0.485 e. The van der Waals surface area contributed by atoms with Crippen molar-refractivity contribution in [2.45, 2.75) is 24.9 Å². The molecule has 0 bridgehead atoms. The number of hydrogen-bond acceptors (Lipinski definition) is 3. The van der Waals surface area contributed by atoms with Crippen LogP contribution >= 0.6 is 0 Å². The number of ether oxygens (including phenoxy) is 1. The van der Waals surface area contributed by atoms with Crippen molar-refractivity contribution in [3.63, 3.8) is 0 Å². The van der Waals surface area contributed by atoms with E-state index in [1.807, 2.05) is 0 Å². The normalized spacial score (nSPS) is 14.3. The van der Waals surface area contributed by atoms with Crippen molar-refractivity contribution in [1.29, 1.82) is 0 Å². The molecule has 1 aliphatic heterocycles. The number of hydrogen-bond donors (Lipinski definition) is 0. The molecule has 3 rings (SSSR count). The maximum absolute atomic E-state index is 13.1. The molecule has 0 saturated heterocycles. The number of halogens is 7. The van der Waals surface area contributed by atoms with E-state index in [4.69, 9.17) is 4.74 Å². The maximum atomic E-state index is 13.1. The quantitative estimate of drug-likeness (QED) is 0.667. The van der Waals surface area contributed by atoms with Crippen LogP contribution in [0, 0.1) is 0 Å². The van der Waals surface area contributed by atoms with E-state index < -0.39 is 30.7 Å². The lowest BCUT2D eigenvalue weighted by molar-refractivity contribution is -0.148. The highest BCUT2D eigenvalue weighted by Crippen LogP contribution is 2.37. The van der Waals surface area contributed by atoms with Crippen LogP contribution in [0.15, 0.2) is 41.7 Å². The molecule has 144 valence electrons. The van der Waals surface area contributed by atoms with Gasteiger partial charge in [-0.3, -0.25) is 9.98 Å². The summed E-state index contributed by atoms with van der Waals surface area (Å²) >= 11 is 0. The second-order valence-electron chi connectivity index (χ2n) is 5.80. The van der Waals surface area contributed by atoms with Gasteiger partial charge in [0, 0.05) is 18.2 Å². The molecule has 0 radical (unpaired) electrons. The molecule has 3 nitrogen and oxygen atoms in total. The lowest BCUT2D eigenvalue weighted by atomic mass is 10.0. The monoisotopic (exact) mass is 392 g/mol. The maximum Gasteiger partial charge on any atom is 0.416 e. The van der Waals surface area contributed by atoms with Crippen molar-refractivity contribution in [3.8, 4) is 5.75 Å². The summed E-state index contributed by atoms with van der Waals surface area (Å²) in [5, 5.41) is 0. The van der Waals surface area contributed by atoms with Gasteiger partial charge in [0.1, 0.15) is 5.75 Å². The third kappa shape index (κ3) is 4.04. The minimum absolute atomic E-state index is 0.0977. The smallest absolute Gasteiger partial charge is 0.416 e. The zero-order chi connectivity index (χ0) is 19.8. The van der Waals surface area contributed by atoms with Gasteiger partial charge >= 0.3 is 18.5 Å². The summed E-state index contributed by atoms with van der Waals surface area (Å²) in [5.74, 6) is -4.56. The van der Waals surface area contributed by atoms with Crippen molar-refractivity contribution in [2.24, 2.45) is 4.99 Å². The predicted octanol–water partition coefficient (Wildman–Crippen LogP) is 5.06. The number of nitrogens with zero attached hydrogens (tertiary/aromatic N) is 2. The number of benzene rings is 1. The SMILES string of the molecule is FC(F)C(F)(F)COc1cnccc1C1=Nc2cc(C(F)(F)F)ccc2C1. The van der Waals surface area contributed by atoms with Crippen molar-refractivity contribution >= 4 is 11.4 Å². The summed E-state index contributed by atoms with van der Waals surface area (Å²) < 4.78 is 93.9. The highest BCUT2D eigenvalue weighted by atomic mass is 19.4. The van der Waals surface area contributed by atoms with Crippen molar-refractivity contribution in [2.75, 3.05) is 6.61 Å². The Balaban J connectivity index is 1.87. The van der Waals surface area contributed by atoms with E-state index in [1.54, 1.807) is 0 Å². The molecule has 2 heterocycles. The number of fused-ring (bicyclic) bond motifs is 1. The van der Waals surface area contributed by atoms with Gasteiger partial charge in [-0.2, -0.15) is 22.0 Å². The number of aromatic nitrogens is 1. The van der Waals surface area contributed by atoms with E-state index in [0.29, 0.717) is 5.56 Å². The molecule has 0 N–H and O–H groups in total. The Kier molecular flexibility index (Phi) is 4.83. The Morgan fingerprint density at radius 2 is 1.81 bits per heavy atom. The molecule has 27 heavy (non-hydrogen) atoms. The summed E-state index contributed by atoms with van der Waals surface area (Å²) in [7, 11) is 0. The van der Waals surface area contributed by atoms with E-state index in [-0.39, 0.29) is 29.1 Å². The molecule has 0 saturated carbocycles. The number of pyridine rings is 1. The molecule has 0 aliphatic carbocycles. The second kappa shape index (κ2) is 6.82. The van der Waals surface area contributed by atoms with Crippen LogP contribution < -0.4 is 4.74 Å². The zero-order valence-electron chi connectivity index (χ0n) is 13.4. The van der Waals surface area contributed by atoms with Gasteiger partial charge in [0.05, 0.1) is 23.2 Å². The lowest BCUT2D eigenvalue weighted by Gasteiger charge is -2.17. The van der Waals surface area contributed by atoms with Crippen LogP contribution in [0.5, 0.6) is 5.75 Å². The molecule has 1 aromatic heterocycles. The summed E-state index contributed by atoms with van der Waals surface area (Å²) in [6.07, 6.45) is -5.92. The number of alkyl halides is 7. The number of aliphatic imine (C=N–C) groups is 1. The van der Waals surface area contributed by atoms with Crippen molar-refractivity contribution in [1.82, 2.24) is 4.98 Å². The van der Waals surface area contributed by atoms with Crippen LogP contribution in [0.1, 0.15) is 16.7 Å². The van der Waals surface area contributed by atoms with E-state index in [9.17, 15) is 30.7 Å². The largest absolute Gasteiger partial charge is 0.485 e. The molecule has 0 amide bonds. The van der Waals surface area contributed by atoms with Crippen LogP contribution in [0.4, 0.5) is 36.4 Å². The van der Waals surface area contributed by atoms with Gasteiger partial charge in [0.15, 0.2) is 6.61 Å². The molecule has 0 unspecified atom stereocenters. The molecular weight excluding hydrogens is 381 g/mol. The van der Waals surface area contributed by atoms with Crippen LogP contribution in [-0.4, -0.2) is 29.7 Å². The van der Waals surface area contributed by atoms with Crippen molar-refractivity contribution < 1.29 is 35.5 Å². The molecule has 0 atom stereocenters. The second-order valence-corrected chi connectivity index (χ2v) is 5.80. The minimum atomic E-state index is -4.53.